The maximum absolute atomic E-state index is 11.6. The van der Waals surface area contributed by atoms with E-state index in [1.807, 2.05) is 0 Å². The van der Waals surface area contributed by atoms with Crippen molar-refractivity contribution < 1.29 is 4.79 Å². The van der Waals surface area contributed by atoms with Gasteiger partial charge in [-0.05, 0) is 12.1 Å². The van der Waals surface area contributed by atoms with Crippen LogP contribution < -0.4 is 15.6 Å². The molecule has 1 aliphatic rings. The molecule has 94 valence electrons. The zero-order chi connectivity index (χ0) is 13.7. The average molecular weight is 254 g/mol. The van der Waals surface area contributed by atoms with E-state index < -0.39 is 0 Å². The number of carbonyl (C=O) groups excluding carboxylic acids is 1. The largest absolute Gasteiger partial charge is 0.336 e. The monoisotopic (exact) mass is 254 g/mol. The molecule has 0 radical (unpaired) electrons. The first-order valence-electron chi connectivity index (χ1n) is 5.54. The van der Waals surface area contributed by atoms with Crippen LogP contribution in [-0.2, 0) is 0 Å². The van der Waals surface area contributed by atoms with Gasteiger partial charge in [-0.15, -0.1) is 0 Å². The Bertz CT molecular complexity index is 593. The number of urea groups is 1. The molecule has 7 heteroatoms. The molecular formula is C12H10N6O. The molecule has 0 atom stereocenters. The maximum atomic E-state index is 11.6. The number of anilines is 2. The third-order valence-corrected chi connectivity index (χ3v) is 2.55. The van der Waals surface area contributed by atoms with Gasteiger partial charge >= 0.3 is 6.03 Å². The average Bonchev–Trinajstić information content (AvgIpc) is 2.86. The fourth-order valence-corrected chi connectivity index (χ4v) is 1.70. The van der Waals surface area contributed by atoms with Crippen molar-refractivity contribution in [2.45, 2.75) is 0 Å². The molecule has 0 aromatic heterocycles. The van der Waals surface area contributed by atoms with E-state index in [2.05, 4.69) is 15.8 Å². The summed E-state index contributed by atoms with van der Waals surface area (Å²) in [6.07, 6.45) is 0. The number of nitriles is 2. The number of hydrogen-bond donors (Lipinski definition) is 2. The molecule has 2 rings (SSSR count). The lowest BCUT2D eigenvalue weighted by Gasteiger charge is -2.17. The first-order chi connectivity index (χ1) is 9.26. The van der Waals surface area contributed by atoms with Gasteiger partial charge < -0.3 is 5.32 Å². The maximum Gasteiger partial charge on any atom is 0.322 e. The SMILES string of the molecule is N#CC(C#N)=NNc1ccccc1N1CCNC1=O. The minimum absolute atomic E-state index is 0.181. The van der Waals surface area contributed by atoms with Crippen molar-refractivity contribution in [3.05, 3.63) is 24.3 Å². The Balaban J connectivity index is 2.27. The van der Waals surface area contributed by atoms with Crippen LogP contribution in [0, 0.1) is 22.7 Å². The lowest BCUT2D eigenvalue weighted by Crippen LogP contribution is -2.28. The number of carbonyl (C=O) groups is 1. The second kappa shape index (κ2) is 5.52. The second-order valence-corrected chi connectivity index (χ2v) is 3.70. The van der Waals surface area contributed by atoms with Gasteiger partial charge in [0.15, 0.2) is 0 Å². The van der Waals surface area contributed by atoms with Crippen LogP contribution in [0.25, 0.3) is 0 Å². The predicted molar refractivity (Wildman–Crippen MR) is 69.5 cm³/mol. The van der Waals surface area contributed by atoms with Crippen LogP contribution in [0.15, 0.2) is 29.4 Å². The van der Waals surface area contributed by atoms with Crippen LogP contribution in [0.1, 0.15) is 0 Å². The smallest absolute Gasteiger partial charge is 0.322 e. The summed E-state index contributed by atoms with van der Waals surface area (Å²) in [5, 5.41) is 23.6. The van der Waals surface area contributed by atoms with Crippen LogP contribution in [0.4, 0.5) is 16.2 Å². The van der Waals surface area contributed by atoms with Crippen molar-refractivity contribution in [1.29, 1.82) is 10.5 Å². The fourth-order valence-electron chi connectivity index (χ4n) is 1.70. The van der Waals surface area contributed by atoms with Gasteiger partial charge in [0.25, 0.3) is 0 Å². The van der Waals surface area contributed by atoms with Crippen LogP contribution in [0.3, 0.4) is 0 Å². The van der Waals surface area contributed by atoms with Gasteiger partial charge in [-0.2, -0.15) is 15.6 Å². The molecule has 1 heterocycles. The van der Waals surface area contributed by atoms with Crippen molar-refractivity contribution in [2.24, 2.45) is 5.10 Å². The molecule has 0 saturated carbocycles. The molecule has 1 aromatic rings. The van der Waals surface area contributed by atoms with Crippen LogP contribution in [0.5, 0.6) is 0 Å². The second-order valence-electron chi connectivity index (χ2n) is 3.70. The summed E-state index contributed by atoms with van der Waals surface area (Å²) in [7, 11) is 0. The van der Waals surface area contributed by atoms with Crippen LogP contribution in [-0.4, -0.2) is 24.8 Å². The zero-order valence-electron chi connectivity index (χ0n) is 9.92. The molecule has 0 unspecified atom stereocenters. The molecule has 1 saturated heterocycles. The van der Waals surface area contributed by atoms with Gasteiger partial charge in [-0.25, -0.2) is 4.79 Å². The molecule has 2 N–H and O–H groups in total. The molecule has 0 spiro atoms. The summed E-state index contributed by atoms with van der Waals surface area (Å²) < 4.78 is 0. The fraction of sp³-hybridized carbons (Fsp3) is 0.167. The Labute approximate surface area is 109 Å². The van der Waals surface area contributed by atoms with Crippen LogP contribution in [0.2, 0.25) is 0 Å². The molecule has 2 amide bonds. The number of nitrogens with zero attached hydrogens (tertiary/aromatic N) is 4. The number of hydrogen-bond acceptors (Lipinski definition) is 5. The summed E-state index contributed by atoms with van der Waals surface area (Å²) >= 11 is 0. The normalized spacial score (nSPS) is 13.2. The third-order valence-electron chi connectivity index (χ3n) is 2.55. The quantitative estimate of drug-likeness (QED) is 0.620. The highest BCUT2D eigenvalue weighted by Gasteiger charge is 2.23. The Morgan fingerprint density at radius 2 is 2.11 bits per heavy atom. The Morgan fingerprint density at radius 3 is 2.74 bits per heavy atom. The number of amides is 2. The van der Waals surface area contributed by atoms with Gasteiger partial charge in [-0.3, -0.25) is 10.3 Å². The molecule has 0 aliphatic carbocycles. The van der Waals surface area contributed by atoms with Crippen molar-refractivity contribution in [1.82, 2.24) is 5.32 Å². The summed E-state index contributed by atoms with van der Waals surface area (Å²) in [6, 6.07) is 10.2. The topological polar surface area (TPSA) is 104 Å². The van der Waals surface area contributed by atoms with E-state index in [-0.39, 0.29) is 11.7 Å². The van der Waals surface area contributed by atoms with Crippen molar-refractivity contribution in [2.75, 3.05) is 23.4 Å². The number of benzene rings is 1. The van der Waals surface area contributed by atoms with Crippen molar-refractivity contribution in [3.8, 4) is 12.1 Å². The standard InChI is InChI=1S/C12H10N6O/c13-7-9(8-14)16-17-10-3-1-2-4-11(10)18-6-5-15-12(18)19/h1-4,17H,5-6H2,(H,15,19). The van der Waals surface area contributed by atoms with Gasteiger partial charge in [0, 0.05) is 13.1 Å². The van der Waals surface area contributed by atoms with E-state index in [9.17, 15) is 4.79 Å². The molecule has 19 heavy (non-hydrogen) atoms. The Hall–Kier alpha value is -3.06. The zero-order valence-corrected chi connectivity index (χ0v) is 9.92. The summed E-state index contributed by atoms with van der Waals surface area (Å²) in [5.74, 6) is 0. The Morgan fingerprint density at radius 1 is 1.37 bits per heavy atom. The van der Waals surface area contributed by atoms with Gasteiger partial charge in [0.05, 0.1) is 11.4 Å². The first-order valence-corrected chi connectivity index (χ1v) is 5.54. The Kier molecular flexibility index (Phi) is 3.60. The molecule has 1 aromatic carbocycles. The molecule has 1 aliphatic heterocycles. The summed E-state index contributed by atoms with van der Waals surface area (Å²) in [5.41, 5.74) is 3.56. The number of para-hydroxylation sites is 2. The number of hydrazone groups is 1. The first kappa shape index (κ1) is 12.4. The third kappa shape index (κ3) is 2.61. The van der Waals surface area contributed by atoms with E-state index >= 15 is 0 Å². The summed E-state index contributed by atoms with van der Waals surface area (Å²) in [6.45, 7) is 1.14. The van der Waals surface area contributed by atoms with Gasteiger partial charge in [0.1, 0.15) is 12.1 Å². The van der Waals surface area contributed by atoms with E-state index in [0.717, 1.165) is 0 Å². The summed E-state index contributed by atoms with van der Waals surface area (Å²) in [4.78, 5) is 13.2. The highest BCUT2D eigenvalue weighted by molar-refractivity contribution is 6.10. The molecular weight excluding hydrogens is 244 g/mol. The molecule has 7 nitrogen and oxygen atoms in total. The van der Waals surface area contributed by atoms with E-state index in [0.29, 0.717) is 24.5 Å². The number of nitrogens with one attached hydrogen (secondary N) is 2. The minimum Gasteiger partial charge on any atom is -0.336 e. The minimum atomic E-state index is -0.277. The highest BCUT2D eigenvalue weighted by Crippen LogP contribution is 2.26. The predicted octanol–water partition coefficient (Wildman–Crippen LogP) is 1.03. The van der Waals surface area contributed by atoms with Gasteiger partial charge in [-0.1, -0.05) is 12.1 Å². The van der Waals surface area contributed by atoms with Gasteiger partial charge in [0.2, 0.25) is 5.71 Å². The lowest BCUT2D eigenvalue weighted by molar-refractivity contribution is 0.252. The van der Waals surface area contributed by atoms with Crippen LogP contribution >= 0.6 is 0 Å². The van der Waals surface area contributed by atoms with E-state index in [1.165, 1.54) is 0 Å². The van der Waals surface area contributed by atoms with Crippen molar-refractivity contribution in [3.63, 3.8) is 0 Å². The number of rotatable bonds is 3. The van der Waals surface area contributed by atoms with E-state index in [1.54, 1.807) is 41.3 Å². The molecule has 0 bridgehead atoms. The van der Waals surface area contributed by atoms with Crippen molar-refractivity contribution >= 4 is 23.1 Å². The van der Waals surface area contributed by atoms with E-state index in [4.69, 9.17) is 10.5 Å². The highest BCUT2D eigenvalue weighted by atomic mass is 16.2. The lowest BCUT2D eigenvalue weighted by atomic mass is 10.2. The molecule has 1 fully saturated rings.